The van der Waals surface area contributed by atoms with Crippen molar-refractivity contribution in [3.63, 3.8) is 0 Å². The van der Waals surface area contributed by atoms with Gasteiger partial charge in [-0.3, -0.25) is 9.69 Å². The summed E-state index contributed by atoms with van der Waals surface area (Å²) >= 11 is 0. The van der Waals surface area contributed by atoms with Crippen LogP contribution in [0.1, 0.15) is 47.2 Å². The van der Waals surface area contributed by atoms with E-state index in [2.05, 4.69) is 56.3 Å². The number of methoxy groups -OCH3 is 1. The fourth-order valence-electron chi connectivity index (χ4n) is 4.59. The second kappa shape index (κ2) is 13.3. The number of nitrogens with zero attached hydrogens (tertiary/aromatic N) is 2. The van der Waals surface area contributed by atoms with Crippen molar-refractivity contribution in [2.45, 2.75) is 44.4 Å². The van der Waals surface area contributed by atoms with Crippen molar-refractivity contribution in [2.24, 2.45) is 0 Å². The van der Waals surface area contributed by atoms with Crippen LogP contribution in [0.25, 0.3) is 0 Å². The Labute approximate surface area is 223 Å². The first-order valence-corrected chi connectivity index (χ1v) is 13.0. The van der Waals surface area contributed by atoms with Gasteiger partial charge in [0.1, 0.15) is 6.67 Å². The summed E-state index contributed by atoms with van der Waals surface area (Å²) in [6, 6.07) is 15.9. The van der Waals surface area contributed by atoms with Gasteiger partial charge in [-0.05, 0) is 48.7 Å². The van der Waals surface area contributed by atoms with Crippen molar-refractivity contribution in [2.75, 3.05) is 33.4 Å². The van der Waals surface area contributed by atoms with Crippen molar-refractivity contribution < 1.29 is 14.2 Å². The number of hydrogen-bond donors (Lipinski definition) is 3. The lowest BCUT2D eigenvalue weighted by molar-refractivity contribution is 0.107. The zero-order valence-corrected chi connectivity index (χ0v) is 21.9. The molecule has 3 N–H and O–H groups in total. The van der Waals surface area contributed by atoms with Gasteiger partial charge in [0.25, 0.3) is 5.56 Å². The fourth-order valence-corrected chi connectivity index (χ4v) is 4.59. The monoisotopic (exact) mass is 518 g/mol. The number of aromatic nitrogens is 2. The normalized spacial score (nSPS) is 17.1. The van der Waals surface area contributed by atoms with Crippen LogP contribution >= 0.6 is 0 Å². The topological polar surface area (TPSA) is 90.5 Å². The molecule has 1 aliphatic rings. The van der Waals surface area contributed by atoms with E-state index in [1.165, 1.54) is 11.9 Å². The van der Waals surface area contributed by atoms with Crippen molar-refractivity contribution in [3.05, 3.63) is 93.2 Å². The molecular weight excluding hydrogens is 483 g/mol. The first-order valence-electron chi connectivity index (χ1n) is 13.0. The average Bonchev–Trinajstić information content (AvgIpc) is 3.40. The maximum Gasteiger partial charge on any atom is 0.293 e. The summed E-state index contributed by atoms with van der Waals surface area (Å²) in [7, 11) is 1.78. The first kappa shape index (κ1) is 27.5. The van der Waals surface area contributed by atoms with Crippen LogP contribution in [0.2, 0.25) is 0 Å². The van der Waals surface area contributed by atoms with E-state index in [0.29, 0.717) is 24.8 Å². The van der Waals surface area contributed by atoms with Gasteiger partial charge >= 0.3 is 0 Å². The summed E-state index contributed by atoms with van der Waals surface area (Å²) in [5.74, 6) is 5.95. The summed E-state index contributed by atoms with van der Waals surface area (Å²) in [5.41, 5.74) is 3.81. The molecule has 3 aromatic rings. The van der Waals surface area contributed by atoms with Gasteiger partial charge in [-0.15, -0.1) is 0 Å². The minimum Gasteiger partial charge on any atom is -0.502 e. The van der Waals surface area contributed by atoms with Gasteiger partial charge in [-0.1, -0.05) is 36.1 Å². The molecular formula is C30H35FN4O3. The Balaban J connectivity index is 1.42. The van der Waals surface area contributed by atoms with E-state index >= 15 is 0 Å². The van der Waals surface area contributed by atoms with Gasteiger partial charge in [0.2, 0.25) is 5.75 Å². The lowest BCUT2D eigenvalue weighted by atomic mass is 9.92. The highest BCUT2D eigenvalue weighted by molar-refractivity contribution is 5.44. The molecule has 200 valence electrons. The van der Waals surface area contributed by atoms with Gasteiger partial charge < -0.3 is 20.1 Å². The average molecular weight is 519 g/mol. The number of aromatic hydroxyl groups is 1. The fraction of sp³-hybridized carbons (Fsp3) is 0.400. The summed E-state index contributed by atoms with van der Waals surface area (Å²) < 4.78 is 18.5. The Kier molecular flexibility index (Phi) is 9.66. The smallest absolute Gasteiger partial charge is 0.293 e. The number of H-pyrrole nitrogens is 1. The molecule has 2 heterocycles. The number of rotatable bonds is 10. The molecule has 0 aliphatic carbocycles. The van der Waals surface area contributed by atoms with Crippen LogP contribution in [0.15, 0.2) is 59.7 Å². The molecule has 8 heteroatoms. The Morgan fingerprint density at radius 1 is 1.18 bits per heavy atom. The standard InChI is InChI=1S/C30H35FN4O3/c1-21(16-31)32-17-26(15-28-29(36)30(37)34-20-33-28)25-11-9-23(10-12-25)4-3-22-5-7-24(8-6-22)18-35-14-13-27(19-35)38-2/h5-12,20-21,26-27,32,36H,13-19H2,1-2H3,(H,33,34,37)/t21-,26+,27+/m0/s1. The maximum atomic E-state index is 13.0. The van der Waals surface area contributed by atoms with Gasteiger partial charge in [-0.25, -0.2) is 9.37 Å². The lowest BCUT2D eigenvalue weighted by Gasteiger charge is -2.20. The minimum atomic E-state index is -0.576. The van der Waals surface area contributed by atoms with E-state index < -0.39 is 12.2 Å². The lowest BCUT2D eigenvalue weighted by Crippen LogP contribution is -2.32. The van der Waals surface area contributed by atoms with Crippen LogP contribution in [-0.2, 0) is 17.7 Å². The van der Waals surface area contributed by atoms with Crippen molar-refractivity contribution in [3.8, 4) is 17.6 Å². The van der Waals surface area contributed by atoms with E-state index in [0.717, 1.165) is 42.7 Å². The molecule has 1 saturated heterocycles. The minimum absolute atomic E-state index is 0.117. The van der Waals surface area contributed by atoms with Gasteiger partial charge in [0.15, 0.2) is 0 Å². The number of halogens is 1. The SMILES string of the molecule is CO[C@@H]1CCN(Cc2ccc(C#Cc3ccc([C@@H](CN[C@@H](C)CF)Cc4nc[nH]c(=O)c4O)cc3)cc2)C1. The Morgan fingerprint density at radius 2 is 1.87 bits per heavy atom. The van der Waals surface area contributed by atoms with E-state index in [9.17, 15) is 14.3 Å². The summed E-state index contributed by atoms with van der Waals surface area (Å²) in [6.45, 7) is 4.71. The largest absolute Gasteiger partial charge is 0.502 e. The van der Waals surface area contributed by atoms with Crippen LogP contribution in [-0.4, -0.2) is 65.5 Å². The first-order chi connectivity index (χ1) is 18.4. The molecule has 0 amide bonds. The zero-order chi connectivity index (χ0) is 26.9. The second-order valence-corrected chi connectivity index (χ2v) is 9.84. The molecule has 1 fully saturated rings. The molecule has 0 radical (unpaired) electrons. The summed E-state index contributed by atoms with van der Waals surface area (Å²) in [6.07, 6.45) is 3.03. The van der Waals surface area contributed by atoms with E-state index in [1.807, 2.05) is 24.3 Å². The number of aromatic amines is 1. The van der Waals surface area contributed by atoms with E-state index in [4.69, 9.17) is 4.74 Å². The van der Waals surface area contributed by atoms with Gasteiger partial charge in [0, 0.05) is 62.8 Å². The van der Waals surface area contributed by atoms with Crippen molar-refractivity contribution >= 4 is 0 Å². The number of alkyl halides is 1. The highest BCUT2D eigenvalue weighted by atomic mass is 19.1. The second-order valence-electron chi connectivity index (χ2n) is 9.84. The number of likely N-dealkylation sites (tertiary alicyclic amines) is 1. The van der Waals surface area contributed by atoms with E-state index in [1.54, 1.807) is 14.0 Å². The highest BCUT2D eigenvalue weighted by Gasteiger charge is 2.21. The molecule has 3 atom stereocenters. The van der Waals surface area contributed by atoms with Gasteiger partial charge in [0.05, 0.1) is 18.1 Å². The van der Waals surface area contributed by atoms with E-state index in [-0.39, 0.29) is 17.7 Å². The quantitative estimate of drug-likeness (QED) is 0.357. The Morgan fingerprint density at radius 3 is 2.50 bits per heavy atom. The number of hydrogen-bond acceptors (Lipinski definition) is 6. The van der Waals surface area contributed by atoms with Crippen LogP contribution in [0.4, 0.5) is 4.39 Å². The van der Waals surface area contributed by atoms with Crippen molar-refractivity contribution in [1.82, 2.24) is 20.2 Å². The molecule has 4 rings (SSSR count). The molecule has 0 unspecified atom stereocenters. The molecule has 7 nitrogen and oxygen atoms in total. The Hall–Kier alpha value is -3.51. The maximum absolute atomic E-state index is 13.0. The summed E-state index contributed by atoms with van der Waals surface area (Å²) in [5, 5.41) is 13.3. The highest BCUT2D eigenvalue weighted by Crippen LogP contribution is 2.23. The third kappa shape index (κ3) is 7.51. The van der Waals surface area contributed by atoms with Crippen LogP contribution < -0.4 is 10.9 Å². The number of nitrogens with one attached hydrogen (secondary N) is 2. The molecule has 1 aliphatic heterocycles. The molecule has 0 bridgehead atoms. The summed E-state index contributed by atoms with van der Waals surface area (Å²) in [4.78, 5) is 20.7. The molecule has 0 saturated carbocycles. The van der Waals surface area contributed by atoms with Crippen LogP contribution in [0.5, 0.6) is 5.75 Å². The third-order valence-electron chi connectivity index (χ3n) is 6.94. The van der Waals surface area contributed by atoms with Crippen molar-refractivity contribution in [1.29, 1.82) is 0 Å². The van der Waals surface area contributed by atoms with Crippen LogP contribution in [0.3, 0.4) is 0 Å². The number of benzene rings is 2. The number of ether oxygens (including phenoxy) is 1. The molecule has 2 aromatic carbocycles. The predicted octanol–water partition coefficient (Wildman–Crippen LogP) is 3.37. The zero-order valence-electron chi connectivity index (χ0n) is 21.9. The predicted molar refractivity (Wildman–Crippen MR) is 146 cm³/mol. The molecule has 0 spiro atoms. The molecule has 1 aromatic heterocycles. The molecule has 38 heavy (non-hydrogen) atoms. The Bertz CT molecular complexity index is 1300. The third-order valence-corrected chi connectivity index (χ3v) is 6.94. The van der Waals surface area contributed by atoms with Gasteiger partial charge in [-0.2, -0.15) is 0 Å². The van der Waals surface area contributed by atoms with Crippen LogP contribution in [0, 0.1) is 11.8 Å².